The highest BCUT2D eigenvalue weighted by Crippen LogP contribution is 2.24. The van der Waals surface area contributed by atoms with Crippen LogP contribution in [-0.4, -0.2) is 34.4 Å². The molecular weight excluding hydrogens is 184 g/mol. The molecule has 1 aliphatic rings. The Balaban J connectivity index is 2.12. The van der Waals surface area contributed by atoms with E-state index in [0.717, 1.165) is 5.75 Å². The minimum absolute atomic E-state index is 0.219. The van der Waals surface area contributed by atoms with Crippen molar-refractivity contribution in [1.82, 2.24) is 0 Å². The fraction of sp³-hybridized carbons (Fsp3) is 1.00. The van der Waals surface area contributed by atoms with Gasteiger partial charge in [-0.05, 0) is 26.7 Å². The molecule has 1 N–H and O–H groups in total. The molecule has 1 heterocycles. The summed E-state index contributed by atoms with van der Waals surface area (Å²) in [6.45, 7) is 6.03. The maximum Gasteiger partial charge on any atom is 0.0670 e. The highest BCUT2D eigenvalue weighted by molar-refractivity contribution is 7.99. The van der Waals surface area contributed by atoms with Crippen LogP contribution in [-0.2, 0) is 4.74 Å². The molecule has 0 aromatic heterocycles. The number of thioether (sulfide) groups is 1. The van der Waals surface area contributed by atoms with Crippen LogP contribution in [0, 0.1) is 0 Å². The average Bonchev–Trinajstić information content (AvgIpc) is 2.47. The molecule has 1 aliphatic heterocycles. The van der Waals surface area contributed by atoms with E-state index >= 15 is 0 Å². The van der Waals surface area contributed by atoms with Crippen molar-refractivity contribution >= 4 is 11.8 Å². The number of rotatable bonds is 4. The first kappa shape index (κ1) is 11.3. The zero-order valence-corrected chi connectivity index (χ0v) is 9.51. The lowest BCUT2D eigenvalue weighted by molar-refractivity contribution is 0.0698. The maximum absolute atomic E-state index is 9.29. The lowest BCUT2D eigenvalue weighted by Crippen LogP contribution is -2.19. The van der Waals surface area contributed by atoms with E-state index in [1.54, 1.807) is 0 Å². The van der Waals surface area contributed by atoms with E-state index in [-0.39, 0.29) is 6.10 Å². The summed E-state index contributed by atoms with van der Waals surface area (Å²) in [5.41, 5.74) is 0. The van der Waals surface area contributed by atoms with Crippen molar-refractivity contribution in [2.45, 2.75) is 57.2 Å². The van der Waals surface area contributed by atoms with E-state index in [4.69, 9.17) is 4.74 Å². The van der Waals surface area contributed by atoms with Crippen LogP contribution in [0.15, 0.2) is 0 Å². The number of aliphatic hydroxyl groups is 1. The van der Waals surface area contributed by atoms with Crippen molar-refractivity contribution in [3.8, 4) is 0 Å². The molecule has 0 saturated carbocycles. The molecule has 1 fully saturated rings. The molecule has 0 amide bonds. The molecule has 13 heavy (non-hydrogen) atoms. The van der Waals surface area contributed by atoms with Gasteiger partial charge >= 0.3 is 0 Å². The quantitative estimate of drug-likeness (QED) is 0.760. The molecular formula is C10H20O2S. The van der Waals surface area contributed by atoms with Gasteiger partial charge in [-0.25, -0.2) is 0 Å². The van der Waals surface area contributed by atoms with E-state index in [1.807, 2.05) is 18.7 Å². The first-order valence-electron chi connectivity index (χ1n) is 5.04. The Labute approximate surface area is 85.0 Å². The zero-order valence-electron chi connectivity index (χ0n) is 8.69. The van der Waals surface area contributed by atoms with Crippen LogP contribution in [0.1, 0.15) is 33.6 Å². The largest absolute Gasteiger partial charge is 0.392 e. The van der Waals surface area contributed by atoms with Gasteiger partial charge in [0.15, 0.2) is 0 Å². The Morgan fingerprint density at radius 1 is 1.46 bits per heavy atom. The van der Waals surface area contributed by atoms with Crippen molar-refractivity contribution in [2.75, 3.05) is 5.75 Å². The predicted molar refractivity (Wildman–Crippen MR) is 57.2 cm³/mol. The van der Waals surface area contributed by atoms with Crippen LogP contribution < -0.4 is 0 Å². The van der Waals surface area contributed by atoms with Gasteiger partial charge in [0.2, 0.25) is 0 Å². The fourth-order valence-corrected chi connectivity index (χ4v) is 2.45. The van der Waals surface area contributed by atoms with Crippen LogP contribution >= 0.6 is 11.8 Å². The van der Waals surface area contributed by atoms with E-state index in [2.05, 4.69) is 13.8 Å². The normalized spacial score (nSPS) is 33.2. The summed E-state index contributed by atoms with van der Waals surface area (Å²) in [4.78, 5) is 0. The standard InChI is InChI=1S/C10H20O2S/c1-7-4-5-10(12-7)6-13-9(3)8(2)11/h7-11H,4-6H2,1-3H3. The SMILES string of the molecule is CC1CCC(CSC(C)C(C)O)O1. The summed E-state index contributed by atoms with van der Waals surface area (Å²) in [7, 11) is 0. The molecule has 2 nitrogen and oxygen atoms in total. The molecule has 0 aromatic carbocycles. The smallest absolute Gasteiger partial charge is 0.0670 e. The van der Waals surface area contributed by atoms with E-state index < -0.39 is 0 Å². The summed E-state index contributed by atoms with van der Waals surface area (Å²) in [6.07, 6.45) is 3.01. The molecule has 1 rings (SSSR count). The number of ether oxygens (including phenoxy) is 1. The van der Waals surface area contributed by atoms with Gasteiger partial charge in [0, 0.05) is 11.0 Å². The van der Waals surface area contributed by atoms with Crippen molar-refractivity contribution in [3.05, 3.63) is 0 Å². The molecule has 0 aliphatic carbocycles. The molecule has 0 aromatic rings. The second-order valence-electron chi connectivity index (χ2n) is 3.93. The summed E-state index contributed by atoms with van der Waals surface area (Å²) >= 11 is 1.81. The van der Waals surface area contributed by atoms with Crippen molar-refractivity contribution in [2.24, 2.45) is 0 Å². The third kappa shape index (κ3) is 3.88. The lowest BCUT2D eigenvalue weighted by atomic mass is 10.2. The zero-order chi connectivity index (χ0) is 9.84. The second-order valence-corrected chi connectivity index (χ2v) is 5.34. The van der Waals surface area contributed by atoms with Gasteiger partial charge in [-0.1, -0.05) is 6.92 Å². The molecule has 3 heteroatoms. The van der Waals surface area contributed by atoms with Gasteiger partial charge in [-0.15, -0.1) is 0 Å². The average molecular weight is 204 g/mol. The van der Waals surface area contributed by atoms with Gasteiger partial charge in [0.25, 0.3) is 0 Å². The van der Waals surface area contributed by atoms with E-state index in [1.165, 1.54) is 12.8 Å². The van der Waals surface area contributed by atoms with Gasteiger partial charge in [-0.2, -0.15) is 11.8 Å². The van der Waals surface area contributed by atoms with Gasteiger partial charge in [0.1, 0.15) is 0 Å². The third-order valence-electron chi connectivity index (χ3n) is 2.54. The Morgan fingerprint density at radius 2 is 2.15 bits per heavy atom. The van der Waals surface area contributed by atoms with Crippen LogP contribution in [0.4, 0.5) is 0 Å². The summed E-state index contributed by atoms with van der Waals surface area (Å²) < 4.78 is 5.69. The molecule has 0 radical (unpaired) electrons. The first-order chi connectivity index (χ1) is 6.09. The Hall–Kier alpha value is 0.270. The minimum atomic E-state index is -0.219. The Morgan fingerprint density at radius 3 is 2.62 bits per heavy atom. The van der Waals surface area contributed by atoms with Crippen molar-refractivity contribution < 1.29 is 9.84 Å². The summed E-state index contributed by atoms with van der Waals surface area (Å²) in [6, 6.07) is 0. The van der Waals surface area contributed by atoms with Crippen LogP contribution in [0.5, 0.6) is 0 Å². The van der Waals surface area contributed by atoms with E-state index in [0.29, 0.717) is 17.5 Å². The molecule has 0 bridgehead atoms. The fourth-order valence-electron chi connectivity index (χ4n) is 1.41. The number of hydrogen-bond acceptors (Lipinski definition) is 3. The topological polar surface area (TPSA) is 29.5 Å². The first-order valence-corrected chi connectivity index (χ1v) is 6.09. The molecule has 78 valence electrons. The Bertz CT molecular complexity index is 150. The number of aliphatic hydroxyl groups excluding tert-OH is 1. The monoisotopic (exact) mass is 204 g/mol. The van der Waals surface area contributed by atoms with Gasteiger partial charge < -0.3 is 9.84 Å². The minimum Gasteiger partial charge on any atom is -0.392 e. The molecule has 4 unspecified atom stereocenters. The summed E-state index contributed by atoms with van der Waals surface area (Å²) in [5, 5.41) is 9.60. The van der Waals surface area contributed by atoms with Gasteiger partial charge in [-0.3, -0.25) is 0 Å². The van der Waals surface area contributed by atoms with Crippen molar-refractivity contribution in [1.29, 1.82) is 0 Å². The highest BCUT2D eigenvalue weighted by Gasteiger charge is 2.22. The summed E-state index contributed by atoms with van der Waals surface area (Å²) in [5.74, 6) is 1.02. The molecule has 4 atom stereocenters. The molecule has 1 saturated heterocycles. The third-order valence-corrected chi connectivity index (χ3v) is 4.03. The van der Waals surface area contributed by atoms with E-state index in [9.17, 15) is 5.11 Å². The van der Waals surface area contributed by atoms with Gasteiger partial charge in [0.05, 0.1) is 18.3 Å². The second kappa shape index (κ2) is 5.23. The van der Waals surface area contributed by atoms with Crippen LogP contribution in [0.2, 0.25) is 0 Å². The number of hydrogen-bond donors (Lipinski definition) is 1. The van der Waals surface area contributed by atoms with Crippen LogP contribution in [0.3, 0.4) is 0 Å². The Kier molecular flexibility index (Phi) is 4.56. The lowest BCUT2D eigenvalue weighted by Gasteiger charge is -2.17. The maximum atomic E-state index is 9.29. The predicted octanol–water partition coefficient (Wildman–Crippen LogP) is 2.06. The van der Waals surface area contributed by atoms with Crippen LogP contribution in [0.25, 0.3) is 0 Å². The molecule has 0 spiro atoms. The highest BCUT2D eigenvalue weighted by atomic mass is 32.2. The van der Waals surface area contributed by atoms with Crippen molar-refractivity contribution in [3.63, 3.8) is 0 Å².